The van der Waals surface area contributed by atoms with Crippen LogP contribution in [0.2, 0.25) is 0 Å². The lowest BCUT2D eigenvalue weighted by Crippen LogP contribution is -2.05. The minimum atomic E-state index is -0.139. The molecule has 0 fully saturated rings. The van der Waals surface area contributed by atoms with Crippen LogP contribution in [-0.2, 0) is 6.54 Å². The molecule has 0 saturated carbocycles. The van der Waals surface area contributed by atoms with E-state index in [1.165, 1.54) is 6.42 Å². The maximum Gasteiger partial charge on any atom is 0.124 e. The Balaban J connectivity index is 2.58. The van der Waals surface area contributed by atoms with Crippen molar-refractivity contribution in [2.45, 2.75) is 31.7 Å². The maximum atomic E-state index is 13.3. The molecule has 0 aliphatic carbocycles. The van der Waals surface area contributed by atoms with Crippen molar-refractivity contribution >= 4 is 11.8 Å². The highest BCUT2D eigenvalue weighted by atomic mass is 32.2. The number of rotatable bonds is 6. The normalized spacial score (nSPS) is 11.1. The zero-order valence-electron chi connectivity index (χ0n) is 10.2. The van der Waals surface area contributed by atoms with Crippen LogP contribution in [-0.4, -0.2) is 12.8 Å². The van der Waals surface area contributed by atoms with Gasteiger partial charge in [0.15, 0.2) is 0 Å². The summed E-state index contributed by atoms with van der Waals surface area (Å²) in [6.45, 7) is 5.13. The van der Waals surface area contributed by atoms with Crippen molar-refractivity contribution in [2.24, 2.45) is 5.92 Å². The first-order chi connectivity index (χ1) is 7.61. The van der Waals surface area contributed by atoms with E-state index in [2.05, 4.69) is 25.2 Å². The lowest BCUT2D eigenvalue weighted by molar-refractivity contribution is 0.619. The van der Waals surface area contributed by atoms with E-state index < -0.39 is 0 Å². The van der Waals surface area contributed by atoms with Gasteiger partial charge in [0.25, 0.3) is 0 Å². The van der Waals surface area contributed by atoms with Crippen LogP contribution in [0.15, 0.2) is 23.1 Å². The van der Waals surface area contributed by atoms with E-state index in [9.17, 15) is 4.39 Å². The van der Waals surface area contributed by atoms with Crippen LogP contribution in [0.25, 0.3) is 0 Å². The van der Waals surface area contributed by atoms with E-state index >= 15 is 0 Å². The van der Waals surface area contributed by atoms with Crippen LogP contribution in [0.5, 0.6) is 0 Å². The molecule has 1 nitrogen and oxygen atoms in total. The summed E-state index contributed by atoms with van der Waals surface area (Å²) in [5, 5.41) is 3.04. The number of nitrogens with one attached hydrogen (secondary N) is 1. The highest BCUT2D eigenvalue weighted by Crippen LogP contribution is 2.23. The van der Waals surface area contributed by atoms with Gasteiger partial charge in [0.05, 0.1) is 0 Å². The molecule has 1 aromatic rings. The Hall–Kier alpha value is -0.540. The molecule has 0 aliphatic rings. The lowest BCUT2D eigenvalue weighted by atomic mass is 10.2. The Labute approximate surface area is 102 Å². The van der Waals surface area contributed by atoms with Crippen molar-refractivity contribution in [1.82, 2.24) is 5.32 Å². The fourth-order valence-electron chi connectivity index (χ4n) is 1.42. The summed E-state index contributed by atoms with van der Waals surface area (Å²) >= 11 is 1.74. The van der Waals surface area contributed by atoms with E-state index in [1.807, 2.05) is 7.05 Å². The van der Waals surface area contributed by atoms with Crippen LogP contribution in [0, 0.1) is 11.7 Å². The van der Waals surface area contributed by atoms with Gasteiger partial charge in [-0.2, -0.15) is 0 Å². The molecule has 0 bridgehead atoms. The summed E-state index contributed by atoms with van der Waals surface area (Å²) in [6.07, 6.45) is 1.17. The zero-order chi connectivity index (χ0) is 12.0. The summed E-state index contributed by atoms with van der Waals surface area (Å²) < 4.78 is 13.3. The Bertz CT molecular complexity index is 326. The average molecular weight is 241 g/mol. The lowest BCUT2D eigenvalue weighted by Gasteiger charge is -2.07. The molecule has 1 N–H and O–H groups in total. The predicted octanol–water partition coefficient (Wildman–Crippen LogP) is 3.68. The second kappa shape index (κ2) is 6.92. The summed E-state index contributed by atoms with van der Waals surface area (Å²) in [4.78, 5) is 1.03. The standard InChI is InChI=1S/C13H20FNS/c1-10(2)4-5-16-13-7-11(9-15-3)6-12(14)8-13/h6-8,10,15H,4-5,9H2,1-3H3. The van der Waals surface area contributed by atoms with Gasteiger partial charge >= 0.3 is 0 Å². The van der Waals surface area contributed by atoms with Gasteiger partial charge in [-0.1, -0.05) is 13.8 Å². The van der Waals surface area contributed by atoms with Crippen LogP contribution < -0.4 is 5.32 Å². The molecule has 0 radical (unpaired) electrons. The number of hydrogen-bond acceptors (Lipinski definition) is 2. The number of benzene rings is 1. The quantitative estimate of drug-likeness (QED) is 0.762. The highest BCUT2D eigenvalue weighted by Gasteiger charge is 2.02. The fourth-order valence-corrected chi connectivity index (χ4v) is 2.68. The average Bonchev–Trinajstić information content (AvgIpc) is 2.16. The van der Waals surface area contributed by atoms with E-state index in [-0.39, 0.29) is 5.82 Å². The third-order valence-electron chi connectivity index (χ3n) is 2.28. The number of thioether (sulfide) groups is 1. The second-order valence-electron chi connectivity index (χ2n) is 4.36. The van der Waals surface area contributed by atoms with Gasteiger partial charge in [-0.25, -0.2) is 4.39 Å². The second-order valence-corrected chi connectivity index (χ2v) is 5.52. The molecule has 16 heavy (non-hydrogen) atoms. The van der Waals surface area contributed by atoms with Crippen molar-refractivity contribution in [3.05, 3.63) is 29.6 Å². The SMILES string of the molecule is CNCc1cc(F)cc(SCCC(C)C)c1. The molecule has 0 atom stereocenters. The molecule has 0 amide bonds. The van der Waals surface area contributed by atoms with E-state index in [1.54, 1.807) is 23.9 Å². The molecule has 0 aliphatic heterocycles. The first kappa shape index (κ1) is 13.5. The van der Waals surface area contributed by atoms with Crippen molar-refractivity contribution in [3.8, 4) is 0 Å². The summed E-state index contributed by atoms with van der Waals surface area (Å²) in [6, 6.07) is 5.26. The van der Waals surface area contributed by atoms with Crippen molar-refractivity contribution < 1.29 is 4.39 Å². The van der Waals surface area contributed by atoms with Gasteiger partial charge in [0, 0.05) is 11.4 Å². The van der Waals surface area contributed by atoms with E-state index in [0.29, 0.717) is 5.92 Å². The van der Waals surface area contributed by atoms with E-state index in [0.717, 1.165) is 22.8 Å². The highest BCUT2D eigenvalue weighted by molar-refractivity contribution is 7.99. The Morgan fingerprint density at radius 3 is 2.69 bits per heavy atom. The van der Waals surface area contributed by atoms with Crippen LogP contribution in [0.1, 0.15) is 25.8 Å². The molecule has 0 saturated heterocycles. The molecule has 0 unspecified atom stereocenters. The van der Waals surface area contributed by atoms with E-state index in [4.69, 9.17) is 0 Å². The molecule has 1 aromatic carbocycles. The number of hydrogen-bond donors (Lipinski definition) is 1. The number of halogens is 1. The van der Waals surface area contributed by atoms with Gasteiger partial charge in [-0.3, -0.25) is 0 Å². The van der Waals surface area contributed by atoms with Gasteiger partial charge < -0.3 is 5.32 Å². The van der Waals surface area contributed by atoms with Crippen LogP contribution in [0.3, 0.4) is 0 Å². The first-order valence-electron chi connectivity index (χ1n) is 5.68. The van der Waals surface area contributed by atoms with Crippen molar-refractivity contribution in [1.29, 1.82) is 0 Å². The Kier molecular flexibility index (Phi) is 5.85. The van der Waals surface area contributed by atoms with Gasteiger partial charge in [0.1, 0.15) is 5.82 Å². The van der Waals surface area contributed by atoms with Crippen molar-refractivity contribution in [2.75, 3.05) is 12.8 Å². The summed E-state index contributed by atoms with van der Waals surface area (Å²) in [7, 11) is 1.87. The van der Waals surface area contributed by atoms with Gasteiger partial charge in [-0.15, -0.1) is 11.8 Å². The summed E-state index contributed by atoms with van der Waals surface area (Å²) in [5.74, 6) is 1.62. The predicted molar refractivity (Wildman–Crippen MR) is 69.3 cm³/mol. The smallest absolute Gasteiger partial charge is 0.124 e. The van der Waals surface area contributed by atoms with Gasteiger partial charge in [-0.05, 0) is 48.9 Å². The fraction of sp³-hybridized carbons (Fsp3) is 0.538. The molecule has 0 heterocycles. The Morgan fingerprint density at radius 2 is 2.06 bits per heavy atom. The molecule has 1 rings (SSSR count). The molecular formula is C13H20FNS. The zero-order valence-corrected chi connectivity index (χ0v) is 11.0. The van der Waals surface area contributed by atoms with Crippen molar-refractivity contribution in [3.63, 3.8) is 0 Å². The van der Waals surface area contributed by atoms with Gasteiger partial charge in [0.2, 0.25) is 0 Å². The molecule has 0 spiro atoms. The third kappa shape index (κ3) is 4.99. The monoisotopic (exact) mass is 241 g/mol. The third-order valence-corrected chi connectivity index (χ3v) is 3.28. The molecular weight excluding hydrogens is 221 g/mol. The van der Waals surface area contributed by atoms with Crippen LogP contribution in [0.4, 0.5) is 4.39 Å². The minimum absolute atomic E-state index is 0.139. The largest absolute Gasteiger partial charge is 0.316 e. The molecule has 3 heteroatoms. The topological polar surface area (TPSA) is 12.0 Å². The van der Waals surface area contributed by atoms with Crippen LogP contribution >= 0.6 is 11.8 Å². The Morgan fingerprint density at radius 1 is 1.31 bits per heavy atom. The maximum absolute atomic E-state index is 13.3. The first-order valence-corrected chi connectivity index (χ1v) is 6.67. The minimum Gasteiger partial charge on any atom is -0.316 e. The summed E-state index contributed by atoms with van der Waals surface area (Å²) in [5.41, 5.74) is 1.01. The molecule has 90 valence electrons. The molecule has 0 aromatic heterocycles.